The Morgan fingerprint density at radius 2 is 2.00 bits per heavy atom. The van der Waals surface area contributed by atoms with Crippen molar-refractivity contribution in [1.29, 1.82) is 5.26 Å². The Labute approximate surface area is 133 Å². The number of nitrogens with zero attached hydrogens (tertiary/aromatic N) is 4. The van der Waals surface area contributed by atoms with Gasteiger partial charge in [-0.1, -0.05) is 17.7 Å². The second kappa shape index (κ2) is 5.25. The molecule has 0 radical (unpaired) electrons. The van der Waals surface area contributed by atoms with Crippen LogP contribution in [0.4, 0.5) is 13.2 Å². The normalized spacial score (nSPS) is 11.7. The molecule has 0 N–H and O–H groups in total. The van der Waals surface area contributed by atoms with Crippen molar-refractivity contribution >= 4 is 17.2 Å². The maximum Gasteiger partial charge on any atom is 0.433 e. The number of alkyl halides is 3. The van der Waals surface area contributed by atoms with Gasteiger partial charge < -0.3 is 0 Å². The molecule has 0 aliphatic rings. The molecular formula is C15H8ClF3N4. The van der Waals surface area contributed by atoms with E-state index >= 15 is 0 Å². The summed E-state index contributed by atoms with van der Waals surface area (Å²) in [5.41, 5.74) is 0.138. The van der Waals surface area contributed by atoms with E-state index in [2.05, 4.69) is 10.1 Å². The lowest BCUT2D eigenvalue weighted by Gasteiger charge is -2.11. The second-order valence-corrected chi connectivity index (χ2v) is 5.30. The number of hydrogen-bond donors (Lipinski definition) is 0. The van der Waals surface area contributed by atoms with Gasteiger partial charge in [-0.3, -0.25) is 0 Å². The van der Waals surface area contributed by atoms with Crippen LogP contribution in [-0.2, 0) is 6.18 Å². The first kappa shape index (κ1) is 15.3. The highest BCUT2D eigenvalue weighted by atomic mass is 35.5. The molecule has 0 fully saturated rings. The highest BCUT2D eigenvalue weighted by Crippen LogP contribution is 2.33. The molecule has 0 unspecified atom stereocenters. The van der Waals surface area contributed by atoms with Gasteiger partial charge >= 0.3 is 6.18 Å². The van der Waals surface area contributed by atoms with Gasteiger partial charge in [0.15, 0.2) is 11.3 Å². The van der Waals surface area contributed by atoms with Gasteiger partial charge in [0.25, 0.3) is 0 Å². The summed E-state index contributed by atoms with van der Waals surface area (Å²) >= 11 is 5.94. The Hall–Kier alpha value is -2.59. The van der Waals surface area contributed by atoms with Crippen LogP contribution in [0.2, 0.25) is 5.02 Å². The number of hydrogen-bond acceptors (Lipinski definition) is 3. The van der Waals surface area contributed by atoms with Crippen molar-refractivity contribution in [2.45, 2.75) is 13.1 Å². The van der Waals surface area contributed by atoms with Crippen LogP contribution in [0.1, 0.15) is 16.8 Å². The number of aromatic nitrogens is 3. The SMILES string of the molecule is Cc1cc(-c2cc(C(F)(F)F)n3ncc(C#N)c3n2)ccc1Cl. The molecule has 0 aliphatic carbocycles. The molecule has 0 aliphatic heterocycles. The Kier molecular flexibility index (Phi) is 3.49. The predicted molar refractivity (Wildman–Crippen MR) is 77.9 cm³/mol. The molecule has 2 aromatic heterocycles. The summed E-state index contributed by atoms with van der Waals surface area (Å²) in [5.74, 6) is 0. The number of nitriles is 1. The highest BCUT2D eigenvalue weighted by molar-refractivity contribution is 6.31. The average Bonchev–Trinajstić information content (AvgIpc) is 2.91. The number of fused-ring (bicyclic) bond motifs is 1. The van der Waals surface area contributed by atoms with Gasteiger partial charge in [-0.05, 0) is 30.7 Å². The molecule has 23 heavy (non-hydrogen) atoms. The lowest BCUT2D eigenvalue weighted by molar-refractivity contribution is -0.142. The minimum Gasteiger partial charge on any atom is -0.227 e. The molecule has 0 spiro atoms. The molecule has 0 saturated heterocycles. The first-order chi connectivity index (χ1) is 10.8. The standard InChI is InChI=1S/C15H8ClF3N4/c1-8-4-9(2-3-11(8)16)12-5-13(15(17,18)19)23-14(22-12)10(6-20)7-21-23/h2-5,7H,1H3. The summed E-state index contributed by atoms with van der Waals surface area (Å²) in [6.45, 7) is 1.74. The minimum absolute atomic E-state index is 0.0250. The second-order valence-electron chi connectivity index (χ2n) is 4.89. The first-order valence-corrected chi connectivity index (χ1v) is 6.81. The zero-order chi connectivity index (χ0) is 16.8. The van der Waals surface area contributed by atoms with E-state index in [1.165, 1.54) is 0 Å². The molecule has 116 valence electrons. The summed E-state index contributed by atoms with van der Waals surface area (Å²) < 4.78 is 40.5. The lowest BCUT2D eigenvalue weighted by atomic mass is 10.1. The van der Waals surface area contributed by atoms with Crippen LogP contribution in [0, 0.1) is 18.3 Å². The lowest BCUT2D eigenvalue weighted by Crippen LogP contribution is -2.13. The third-order valence-corrected chi connectivity index (χ3v) is 3.76. The van der Waals surface area contributed by atoms with Gasteiger partial charge in [0.2, 0.25) is 0 Å². The summed E-state index contributed by atoms with van der Waals surface area (Å²) in [6.07, 6.45) is -3.56. The van der Waals surface area contributed by atoms with Gasteiger partial charge in [0.1, 0.15) is 11.6 Å². The molecule has 0 amide bonds. The number of aryl methyl sites for hydroxylation is 1. The van der Waals surface area contributed by atoms with E-state index in [4.69, 9.17) is 16.9 Å². The smallest absolute Gasteiger partial charge is 0.227 e. The van der Waals surface area contributed by atoms with E-state index in [9.17, 15) is 13.2 Å². The van der Waals surface area contributed by atoms with E-state index in [1.54, 1.807) is 31.2 Å². The Morgan fingerprint density at radius 1 is 1.26 bits per heavy atom. The fourth-order valence-corrected chi connectivity index (χ4v) is 2.31. The zero-order valence-electron chi connectivity index (χ0n) is 11.7. The largest absolute Gasteiger partial charge is 0.433 e. The van der Waals surface area contributed by atoms with E-state index in [-0.39, 0.29) is 16.9 Å². The van der Waals surface area contributed by atoms with Crippen LogP contribution in [0.15, 0.2) is 30.5 Å². The maximum absolute atomic E-state index is 13.3. The Balaban J connectivity index is 2.33. The fourth-order valence-electron chi connectivity index (χ4n) is 2.20. The molecular weight excluding hydrogens is 329 g/mol. The third kappa shape index (κ3) is 2.62. The number of rotatable bonds is 1. The van der Waals surface area contributed by atoms with Gasteiger partial charge in [-0.25, -0.2) is 9.50 Å². The van der Waals surface area contributed by atoms with Crippen molar-refractivity contribution in [1.82, 2.24) is 14.6 Å². The summed E-state index contributed by atoms with van der Waals surface area (Å²) in [7, 11) is 0. The molecule has 3 rings (SSSR count). The minimum atomic E-state index is -4.63. The quantitative estimate of drug-likeness (QED) is 0.667. The van der Waals surface area contributed by atoms with Gasteiger partial charge in [-0.2, -0.15) is 23.5 Å². The molecule has 0 saturated carbocycles. The van der Waals surface area contributed by atoms with E-state index in [0.717, 1.165) is 12.3 Å². The van der Waals surface area contributed by atoms with Gasteiger partial charge in [0, 0.05) is 10.6 Å². The predicted octanol–water partition coefficient (Wildman–Crippen LogP) is 4.25. The molecule has 8 heteroatoms. The van der Waals surface area contributed by atoms with E-state index in [0.29, 0.717) is 20.7 Å². The Morgan fingerprint density at radius 3 is 2.61 bits per heavy atom. The summed E-state index contributed by atoms with van der Waals surface area (Å²) in [5, 5.41) is 13.1. The summed E-state index contributed by atoms with van der Waals surface area (Å²) in [6, 6.07) is 7.51. The van der Waals surface area contributed by atoms with Crippen LogP contribution in [-0.4, -0.2) is 14.6 Å². The molecule has 3 aromatic rings. The van der Waals surface area contributed by atoms with Crippen molar-refractivity contribution < 1.29 is 13.2 Å². The van der Waals surface area contributed by atoms with Crippen LogP contribution in [0.3, 0.4) is 0 Å². The zero-order valence-corrected chi connectivity index (χ0v) is 12.4. The van der Waals surface area contributed by atoms with Gasteiger partial charge in [0.05, 0.1) is 11.9 Å². The van der Waals surface area contributed by atoms with E-state index < -0.39 is 11.9 Å². The van der Waals surface area contributed by atoms with Crippen LogP contribution in [0.25, 0.3) is 16.9 Å². The Bertz CT molecular complexity index is 954. The summed E-state index contributed by atoms with van der Waals surface area (Å²) in [4.78, 5) is 4.16. The van der Waals surface area contributed by atoms with Crippen molar-refractivity contribution in [3.63, 3.8) is 0 Å². The molecule has 0 atom stereocenters. The fraction of sp³-hybridized carbons (Fsp3) is 0.133. The molecule has 1 aromatic carbocycles. The van der Waals surface area contributed by atoms with E-state index in [1.807, 2.05) is 0 Å². The number of halogens is 4. The maximum atomic E-state index is 13.3. The van der Waals surface area contributed by atoms with Gasteiger partial charge in [-0.15, -0.1) is 0 Å². The van der Waals surface area contributed by atoms with Crippen molar-refractivity contribution in [2.75, 3.05) is 0 Å². The molecule has 0 bridgehead atoms. The number of benzene rings is 1. The van der Waals surface area contributed by atoms with Crippen LogP contribution in [0.5, 0.6) is 0 Å². The van der Waals surface area contributed by atoms with Crippen molar-refractivity contribution in [3.05, 3.63) is 52.3 Å². The monoisotopic (exact) mass is 336 g/mol. The third-order valence-electron chi connectivity index (χ3n) is 3.34. The average molecular weight is 337 g/mol. The first-order valence-electron chi connectivity index (χ1n) is 6.44. The van der Waals surface area contributed by atoms with Crippen LogP contribution < -0.4 is 0 Å². The molecule has 2 heterocycles. The van der Waals surface area contributed by atoms with Crippen LogP contribution >= 0.6 is 11.6 Å². The molecule has 4 nitrogen and oxygen atoms in total. The van der Waals surface area contributed by atoms with Crippen molar-refractivity contribution in [3.8, 4) is 17.3 Å². The topological polar surface area (TPSA) is 54.0 Å². The van der Waals surface area contributed by atoms with Crippen molar-refractivity contribution in [2.24, 2.45) is 0 Å². The highest BCUT2D eigenvalue weighted by Gasteiger charge is 2.35.